The van der Waals surface area contributed by atoms with Gasteiger partial charge in [-0.15, -0.1) is 0 Å². The molecule has 28 heavy (non-hydrogen) atoms. The van der Waals surface area contributed by atoms with E-state index in [2.05, 4.69) is 29.0 Å². The van der Waals surface area contributed by atoms with Crippen LogP contribution in [0.5, 0.6) is 0 Å². The zero-order valence-corrected chi connectivity index (χ0v) is 17.3. The average molecular weight is 407 g/mol. The van der Waals surface area contributed by atoms with Gasteiger partial charge in [-0.25, -0.2) is 4.68 Å². The minimum Gasteiger partial charge on any atom is -0.469 e. The van der Waals surface area contributed by atoms with Gasteiger partial charge in [0.15, 0.2) is 0 Å². The van der Waals surface area contributed by atoms with E-state index in [1.165, 1.54) is 7.11 Å². The van der Waals surface area contributed by atoms with Crippen LogP contribution in [-0.4, -0.2) is 53.3 Å². The van der Waals surface area contributed by atoms with Gasteiger partial charge in [0, 0.05) is 24.2 Å². The molecule has 7 nitrogen and oxygen atoms in total. The number of hydrogen-bond donors (Lipinski definition) is 1. The Hall–Kier alpha value is -2.38. The molecule has 0 saturated heterocycles. The third-order valence-electron chi connectivity index (χ3n) is 4.11. The summed E-state index contributed by atoms with van der Waals surface area (Å²) in [5.74, 6) is 0.525. The summed E-state index contributed by atoms with van der Waals surface area (Å²) in [5.41, 5.74) is 0.919. The number of ether oxygens (including phenoxy) is 1. The number of methoxy groups -OCH3 is 1. The molecular formula is C20H27ClN4O3. The quantitative estimate of drug-likeness (QED) is 0.614. The largest absolute Gasteiger partial charge is 0.469 e. The van der Waals surface area contributed by atoms with Gasteiger partial charge in [-0.2, -0.15) is 5.10 Å². The summed E-state index contributed by atoms with van der Waals surface area (Å²) in [6.45, 7) is 5.97. The molecule has 0 radical (unpaired) electrons. The summed E-state index contributed by atoms with van der Waals surface area (Å²) >= 11 is 6.22. The van der Waals surface area contributed by atoms with Crippen LogP contribution in [0, 0.1) is 5.92 Å². The highest BCUT2D eigenvalue weighted by atomic mass is 35.5. The lowest BCUT2D eigenvalue weighted by Gasteiger charge is -2.23. The zero-order chi connectivity index (χ0) is 20.5. The van der Waals surface area contributed by atoms with Crippen molar-refractivity contribution in [2.75, 3.05) is 32.1 Å². The summed E-state index contributed by atoms with van der Waals surface area (Å²) in [5, 5.41) is 7.82. The van der Waals surface area contributed by atoms with Gasteiger partial charge in [0.1, 0.15) is 5.82 Å². The van der Waals surface area contributed by atoms with E-state index in [0.29, 0.717) is 36.4 Å². The number of aromatic nitrogens is 2. The molecular weight excluding hydrogens is 380 g/mol. The maximum Gasteiger partial charge on any atom is 0.306 e. The number of carbonyl (C=O) groups is 2. The summed E-state index contributed by atoms with van der Waals surface area (Å²) in [6, 6.07) is 9.27. The lowest BCUT2D eigenvalue weighted by atomic mass is 10.2. The van der Waals surface area contributed by atoms with Gasteiger partial charge in [-0.1, -0.05) is 43.6 Å². The van der Waals surface area contributed by atoms with Crippen LogP contribution in [0.15, 0.2) is 36.5 Å². The van der Waals surface area contributed by atoms with Crippen LogP contribution in [0.4, 0.5) is 5.82 Å². The molecule has 0 saturated carbocycles. The molecule has 1 aromatic heterocycles. The van der Waals surface area contributed by atoms with E-state index in [1.807, 2.05) is 29.2 Å². The van der Waals surface area contributed by atoms with Gasteiger partial charge in [0.25, 0.3) is 0 Å². The molecule has 0 spiro atoms. The van der Waals surface area contributed by atoms with Crippen molar-refractivity contribution in [3.05, 3.63) is 47.1 Å². The van der Waals surface area contributed by atoms with Crippen molar-refractivity contribution in [1.29, 1.82) is 0 Å². The van der Waals surface area contributed by atoms with Crippen LogP contribution in [0.3, 0.4) is 0 Å². The van der Waals surface area contributed by atoms with E-state index in [-0.39, 0.29) is 24.8 Å². The third-order valence-corrected chi connectivity index (χ3v) is 4.48. The number of amides is 1. The van der Waals surface area contributed by atoms with E-state index in [9.17, 15) is 9.59 Å². The molecule has 0 unspecified atom stereocenters. The van der Waals surface area contributed by atoms with Crippen molar-refractivity contribution in [2.24, 2.45) is 5.92 Å². The normalized spacial score (nSPS) is 11.1. The Balaban J connectivity index is 1.98. The van der Waals surface area contributed by atoms with Crippen molar-refractivity contribution in [1.82, 2.24) is 14.7 Å². The number of benzene rings is 1. The topological polar surface area (TPSA) is 76.5 Å². The first-order valence-corrected chi connectivity index (χ1v) is 9.61. The molecule has 8 heteroatoms. The van der Waals surface area contributed by atoms with Crippen molar-refractivity contribution in [2.45, 2.75) is 26.8 Å². The maximum absolute atomic E-state index is 12.6. The number of esters is 1. The molecule has 0 fully saturated rings. The van der Waals surface area contributed by atoms with Gasteiger partial charge in [-0.05, 0) is 17.5 Å². The lowest BCUT2D eigenvalue weighted by Crippen LogP contribution is -2.37. The first kappa shape index (κ1) is 21.9. The molecule has 0 aliphatic rings. The molecule has 0 atom stereocenters. The SMILES string of the molecule is COC(=O)CCN(CC(=O)Nc1ccnn1Cc1ccccc1Cl)CC(C)C. The second-order valence-corrected chi connectivity index (χ2v) is 7.38. The summed E-state index contributed by atoms with van der Waals surface area (Å²) < 4.78 is 6.38. The molecule has 1 aromatic carbocycles. The van der Waals surface area contributed by atoms with E-state index < -0.39 is 0 Å². The Morgan fingerprint density at radius 1 is 1.29 bits per heavy atom. The highest BCUT2D eigenvalue weighted by molar-refractivity contribution is 6.31. The summed E-state index contributed by atoms with van der Waals surface area (Å²) in [4.78, 5) is 25.9. The number of rotatable bonds is 10. The van der Waals surface area contributed by atoms with Crippen molar-refractivity contribution >= 4 is 29.3 Å². The van der Waals surface area contributed by atoms with E-state index >= 15 is 0 Å². The van der Waals surface area contributed by atoms with Gasteiger partial charge >= 0.3 is 5.97 Å². The fraction of sp³-hybridized carbons (Fsp3) is 0.450. The van der Waals surface area contributed by atoms with Crippen LogP contribution in [0.25, 0.3) is 0 Å². The highest BCUT2D eigenvalue weighted by Crippen LogP contribution is 2.18. The van der Waals surface area contributed by atoms with E-state index in [0.717, 1.165) is 5.56 Å². The predicted molar refractivity (Wildman–Crippen MR) is 109 cm³/mol. The molecule has 0 aliphatic carbocycles. The third kappa shape index (κ3) is 6.98. The van der Waals surface area contributed by atoms with Gasteiger partial charge in [-0.3, -0.25) is 14.5 Å². The Labute approximate surface area is 170 Å². The summed E-state index contributed by atoms with van der Waals surface area (Å²) in [6.07, 6.45) is 1.89. The average Bonchev–Trinajstić information content (AvgIpc) is 3.07. The molecule has 1 heterocycles. The molecule has 2 aromatic rings. The number of anilines is 1. The number of hydrogen-bond acceptors (Lipinski definition) is 5. The van der Waals surface area contributed by atoms with Crippen molar-refractivity contribution in [3.8, 4) is 0 Å². The maximum atomic E-state index is 12.6. The second kappa shape index (κ2) is 10.8. The van der Waals surface area contributed by atoms with E-state index in [4.69, 9.17) is 11.6 Å². The van der Waals surface area contributed by atoms with Gasteiger partial charge in [0.2, 0.25) is 5.91 Å². The fourth-order valence-corrected chi connectivity index (χ4v) is 3.04. The molecule has 0 bridgehead atoms. The minimum absolute atomic E-state index is 0.161. The number of carbonyl (C=O) groups excluding carboxylic acids is 2. The Morgan fingerprint density at radius 2 is 2.04 bits per heavy atom. The van der Waals surface area contributed by atoms with Crippen molar-refractivity contribution < 1.29 is 14.3 Å². The molecule has 1 N–H and O–H groups in total. The van der Waals surface area contributed by atoms with Gasteiger partial charge < -0.3 is 10.1 Å². The number of nitrogens with zero attached hydrogens (tertiary/aromatic N) is 3. The van der Waals surface area contributed by atoms with Crippen LogP contribution in [-0.2, 0) is 20.9 Å². The van der Waals surface area contributed by atoms with Crippen LogP contribution in [0.2, 0.25) is 5.02 Å². The zero-order valence-electron chi connectivity index (χ0n) is 16.5. The molecule has 0 aliphatic heterocycles. The molecule has 1 amide bonds. The first-order valence-electron chi connectivity index (χ1n) is 9.23. The summed E-state index contributed by atoms with van der Waals surface area (Å²) in [7, 11) is 1.36. The molecule has 152 valence electrons. The number of halogens is 1. The fourth-order valence-electron chi connectivity index (χ4n) is 2.84. The first-order chi connectivity index (χ1) is 13.4. The minimum atomic E-state index is -0.285. The smallest absolute Gasteiger partial charge is 0.306 e. The van der Waals surface area contributed by atoms with Crippen LogP contribution >= 0.6 is 11.6 Å². The lowest BCUT2D eigenvalue weighted by molar-refractivity contribution is -0.141. The monoisotopic (exact) mass is 406 g/mol. The Morgan fingerprint density at radius 3 is 2.71 bits per heavy atom. The number of nitrogens with one attached hydrogen (secondary N) is 1. The Kier molecular flexibility index (Phi) is 8.47. The van der Waals surface area contributed by atoms with Gasteiger partial charge in [0.05, 0.1) is 32.8 Å². The highest BCUT2D eigenvalue weighted by Gasteiger charge is 2.16. The molecule has 2 rings (SSSR count). The van der Waals surface area contributed by atoms with E-state index in [1.54, 1.807) is 16.9 Å². The van der Waals surface area contributed by atoms with Crippen LogP contribution < -0.4 is 5.32 Å². The Bertz CT molecular complexity index is 791. The van der Waals surface area contributed by atoms with Crippen molar-refractivity contribution in [3.63, 3.8) is 0 Å². The predicted octanol–water partition coefficient (Wildman–Crippen LogP) is 3.04. The second-order valence-electron chi connectivity index (χ2n) is 6.97. The standard InChI is InChI=1S/C20H27ClN4O3/c1-15(2)12-24(11-9-20(27)28-3)14-19(26)23-18-8-10-22-25(18)13-16-6-4-5-7-17(16)21/h4-8,10,15H,9,11-14H2,1-3H3,(H,23,26). The van der Waals surface area contributed by atoms with Crippen LogP contribution in [0.1, 0.15) is 25.8 Å².